The summed E-state index contributed by atoms with van der Waals surface area (Å²) in [5.74, 6) is 0.984. The number of unbranched alkanes of at least 4 members (excludes halogenated alkanes) is 2. The van der Waals surface area contributed by atoms with Crippen molar-refractivity contribution < 1.29 is 9.53 Å². The zero-order chi connectivity index (χ0) is 12.7. The smallest absolute Gasteiger partial charge is 0.137 e. The van der Waals surface area contributed by atoms with Gasteiger partial charge in [-0.1, -0.05) is 31.4 Å². The van der Waals surface area contributed by atoms with Gasteiger partial charge >= 0.3 is 0 Å². The lowest BCUT2D eigenvalue weighted by atomic mass is 10.0. The van der Waals surface area contributed by atoms with Gasteiger partial charge in [0.05, 0.1) is 7.11 Å². The Balaban J connectivity index is 2.60. The second kappa shape index (κ2) is 7.33. The van der Waals surface area contributed by atoms with Gasteiger partial charge in [0.1, 0.15) is 11.5 Å². The highest BCUT2D eigenvalue weighted by Gasteiger charge is 2.09. The molecule has 0 aliphatic rings. The monoisotopic (exact) mass is 254 g/mol. The lowest BCUT2D eigenvalue weighted by Gasteiger charge is -2.08. The number of hydrogen-bond acceptors (Lipinski definition) is 2. The maximum atomic E-state index is 11.8. The molecule has 0 aliphatic heterocycles. The van der Waals surface area contributed by atoms with Crippen LogP contribution in [0.3, 0.4) is 0 Å². The molecule has 0 bridgehead atoms. The van der Waals surface area contributed by atoms with Gasteiger partial charge in [-0.05, 0) is 24.6 Å². The van der Waals surface area contributed by atoms with Crippen LogP contribution in [0.15, 0.2) is 18.2 Å². The summed E-state index contributed by atoms with van der Waals surface area (Å²) in [6.45, 7) is 2.13. The Morgan fingerprint density at radius 2 is 2.12 bits per heavy atom. The van der Waals surface area contributed by atoms with Crippen LogP contribution >= 0.6 is 11.6 Å². The van der Waals surface area contributed by atoms with Gasteiger partial charge in [-0.3, -0.25) is 4.79 Å². The number of hydrogen-bond donors (Lipinski definition) is 0. The number of carbonyl (C=O) groups excluding carboxylic acids is 1. The number of halogens is 1. The van der Waals surface area contributed by atoms with Crippen molar-refractivity contribution in [2.45, 2.75) is 39.0 Å². The van der Waals surface area contributed by atoms with Gasteiger partial charge in [-0.15, -0.1) is 0 Å². The van der Waals surface area contributed by atoms with E-state index in [1.54, 1.807) is 25.3 Å². The highest BCUT2D eigenvalue weighted by Crippen LogP contribution is 2.23. The summed E-state index contributed by atoms with van der Waals surface area (Å²) in [5, 5.41) is 0.641. The van der Waals surface area contributed by atoms with Crippen molar-refractivity contribution in [2.24, 2.45) is 0 Å². The Morgan fingerprint density at radius 1 is 1.35 bits per heavy atom. The fourth-order valence-corrected chi connectivity index (χ4v) is 1.95. The van der Waals surface area contributed by atoms with Gasteiger partial charge < -0.3 is 4.74 Å². The molecule has 0 spiro atoms. The number of carbonyl (C=O) groups is 1. The van der Waals surface area contributed by atoms with Crippen molar-refractivity contribution in [3.05, 3.63) is 28.8 Å². The third kappa shape index (κ3) is 4.78. The summed E-state index contributed by atoms with van der Waals surface area (Å²) in [6, 6.07) is 5.38. The zero-order valence-electron chi connectivity index (χ0n) is 10.5. The van der Waals surface area contributed by atoms with Crippen LogP contribution in [0.2, 0.25) is 5.02 Å². The zero-order valence-corrected chi connectivity index (χ0v) is 11.2. The van der Waals surface area contributed by atoms with E-state index in [4.69, 9.17) is 16.3 Å². The van der Waals surface area contributed by atoms with Crippen LogP contribution in [-0.4, -0.2) is 12.9 Å². The minimum atomic E-state index is 0.249. The van der Waals surface area contributed by atoms with Crippen LogP contribution in [0.5, 0.6) is 5.75 Å². The summed E-state index contributed by atoms with van der Waals surface area (Å²) in [4.78, 5) is 11.8. The molecule has 1 aromatic rings. The van der Waals surface area contributed by atoms with Gasteiger partial charge in [0.2, 0.25) is 0 Å². The largest absolute Gasteiger partial charge is 0.496 e. The molecule has 94 valence electrons. The number of ketones is 1. The SMILES string of the molecule is CCCCCC(=O)Cc1cc(Cl)ccc1OC. The van der Waals surface area contributed by atoms with E-state index in [9.17, 15) is 4.79 Å². The maximum Gasteiger partial charge on any atom is 0.137 e. The molecule has 0 saturated carbocycles. The van der Waals surface area contributed by atoms with E-state index < -0.39 is 0 Å². The van der Waals surface area contributed by atoms with E-state index in [-0.39, 0.29) is 5.78 Å². The van der Waals surface area contributed by atoms with E-state index >= 15 is 0 Å². The summed E-state index contributed by atoms with van der Waals surface area (Å²) in [7, 11) is 1.61. The maximum absolute atomic E-state index is 11.8. The fourth-order valence-electron chi connectivity index (χ4n) is 1.76. The van der Waals surface area contributed by atoms with Gasteiger partial charge in [0.25, 0.3) is 0 Å². The third-order valence-electron chi connectivity index (χ3n) is 2.69. The Labute approximate surface area is 108 Å². The molecule has 0 saturated heterocycles. The van der Waals surface area contributed by atoms with Gasteiger partial charge in [-0.25, -0.2) is 0 Å². The second-order valence-electron chi connectivity index (χ2n) is 4.13. The molecule has 3 heteroatoms. The summed E-state index contributed by atoms with van der Waals surface area (Å²) in [5.41, 5.74) is 0.876. The van der Waals surface area contributed by atoms with E-state index in [0.717, 1.165) is 30.6 Å². The first-order valence-corrected chi connectivity index (χ1v) is 6.39. The molecule has 0 radical (unpaired) electrons. The van der Waals surface area contributed by atoms with Crippen LogP contribution in [-0.2, 0) is 11.2 Å². The molecule has 1 aromatic carbocycles. The molecular weight excluding hydrogens is 236 g/mol. The van der Waals surface area contributed by atoms with Crippen molar-refractivity contribution in [3.8, 4) is 5.75 Å². The molecule has 1 rings (SSSR count). The molecule has 0 N–H and O–H groups in total. The van der Waals surface area contributed by atoms with Crippen molar-refractivity contribution in [1.29, 1.82) is 0 Å². The number of ether oxygens (including phenoxy) is 1. The van der Waals surface area contributed by atoms with Gasteiger partial charge in [-0.2, -0.15) is 0 Å². The minimum absolute atomic E-state index is 0.249. The van der Waals surface area contributed by atoms with Gasteiger partial charge in [0, 0.05) is 23.4 Å². The van der Waals surface area contributed by atoms with Crippen molar-refractivity contribution in [2.75, 3.05) is 7.11 Å². The quantitative estimate of drug-likeness (QED) is 0.687. The molecule has 17 heavy (non-hydrogen) atoms. The topological polar surface area (TPSA) is 26.3 Å². The molecule has 2 nitrogen and oxygen atoms in total. The Hall–Kier alpha value is -1.02. The average molecular weight is 255 g/mol. The van der Waals surface area contributed by atoms with Crippen LogP contribution in [0, 0.1) is 0 Å². The Kier molecular flexibility index (Phi) is 6.06. The lowest BCUT2D eigenvalue weighted by Crippen LogP contribution is -2.04. The predicted molar refractivity (Wildman–Crippen MR) is 70.9 cm³/mol. The summed E-state index contributed by atoms with van der Waals surface area (Å²) >= 11 is 5.92. The summed E-state index contributed by atoms with van der Waals surface area (Å²) in [6.07, 6.45) is 4.27. The van der Waals surface area contributed by atoms with E-state index in [0.29, 0.717) is 17.9 Å². The fraction of sp³-hybridized carbons (Fsp3) is 0.500. The molecule has 0 amide bonds. The Morgan fingerprint density at radius 3 is 2.76 bits per heavy atom. The second-order valence-corrected chi connectivity index (χ2v) is 4.57. The molecule has 0 aromatic heterocycles. The normalized spacial score (nSPS) is 10.3. The summed E-state index contributed by atoms with van der Waals surface area (Å²) < 4.78 is 5.22. The van der Waals surface area contributed by atoms with Crippen LogP contribution in [0.25, 0.3) is 0 Å². The highest BCUT2D eigenvalue weighted by atomic mass is 35.5. The number of methoxy groups -OCH3 is 1. The van der Waals surface area contributed by atoms with Gasteiger partial charge in [0.15, 0.2) is 0 Å². The van der Waals surface area contributed by atoms with Crippen molar-refractivity contribution in [3.63, 3.8) is 0 Å². The molecule has 0 heterocycles. The third-order valence-corrected chi connectivity index (χ3v) is 2.92. The van der Waals surface area contributed by atoms with Crippen LogP contribution in [0.4, 0.5) is 0 Å². The molecular formula is C14H19ClO2. The number of Topliss-reactive ketones (excluding diaryl/α,β-unsaturated/α-hetero) is 1. The van der Waals surface area contributed by atoms with E-state index in [1.807, 2.05) is 0 Å². The minimum Gasteiger partial charge on any atom is -0.496 e. The standard InChI is InChI=1S/C14H19ClO2/c1-3-4-5-6-13(16)10-11-9-12(15)7-8-14(11)17-2/h7-9H,3-6,10H2,1-2H3. The first-order chi connectivity index (χ1) is 8.17. The van der Waals surface area contributed by atoms with Crippen molar-refractivity contribution >= 4 is 17.4 Å². The van der Waals surface area contributed by atoms with E-state index in [1.165, 1.54) is 0 Å². The Bertz CT molecular complexity index is 374. The molecule has 0 aliphatic carbocycles. The molecule has 0 fully saturated rings. The first-order valence-electron chi connectivity index (χ1n) is 6.01. The number of rotatable bonds is 7. The lowest BCUT2D eigenvalue weighted by molar-refractivity contribution is -0.118. The highest BCUT2D eigenvalue weighted by molar-refractivity contribution is 6.30. The van der Waals surface area contributed by atoms with Crippen LogP contribution in [0.1, 0.15) is 38.2 Å². The number of benzene rings is 1. The first kappa shape index (κ1) is 14.0. The average Bonchev–Trinajstić information content (AvgIpc) is 2.29. The van der Waals surface area contributed by atoms with Crippen LogP contribution < -0.4 is 4.74 Å². The predicted octanol–water partition coefficient (Wildman–Crippen LogP) is 4.04. The molecule has 0 atom stereocenters. The van der Waals surface area contributed by atoms with E-state index in [2.05, 4.69) is 6.92 Å². The molecule has 0 unspecified atom stereocenters. The van der Waals surface area contributed by atoms with Crippen molar-refractivity contribution in [1.82, 2.24) is 0 Å².